The lowest BCUT2D eigenvalue weighted by Crippen LogP contribution is -2.12. The fraction of sp³-hybridized carbons (Fsp3) is 0.333. The summed E-state index contributed by atoms with van der Waals surface area (Å²) in [5, 5.41) is 7.52. The van der Waals surface area contributed by atoms with Crippen molar-refractivity contribution in [3.05, 3.63) is 40.5 Å². The lowest BCUT2D eigenvalue weighted by Gasteiger charge is -2.06. The van der Waals surface area contributed by atoms with Gasteiger partial charge in [-0.2, -0.15) is 4.98 Å². The molecule has 0 bridgehead atoms. The summed E-state index contributed by atoms with van der Waals surface area (Å²) in [4.78, 5) is 4.10. The largest absolute Gasteiger partial charge is 0.495 e. The number of aryl methyl sites for hydroxylation is 1. The molecule has 1 aromatic carbocycles. The van der Waals surface area contributed by atoms with E-state index in [4.69, 9.17) is 20.9 Å². The molecule has 0 fully saturated rings. The van der Waals surface area contributed by atoms with Crippen LogP contribution >= 0.6 is 11.6 Å². The van der Waals surface area contributed by atoms with Crippen molar-refractivity contribution in [2.75, 3.05) is 7.11 Å². The van der Waals surface area contributed by atoms with Gasteiger partial charge in [0.25, 0.3) is 0 Å². The molecule has 0 aliphatic carbocycles. The smallest absolute Gasteiger partial charge is 0.240 e. The van der Waals surface area contributed by atoms with Crippen LogP contribution in [0, 0.1) is 6.92 Å². The van der Waals surface area contributed by atoms with Gasteiger partial charge in [0.1, 0.15) is 5.75 Å². The summed E-state index contributed by atoms with van der Waals surface area (Å²) in [7, 11) is 1.59. The Morgan fingerprint density at radius 2 is 2.22 bits per heavy atom. The summed E-state index contributed by atoms with van der Waals surface area (Å²) in [6.45, 7) is 2.99. The third-order valence-corrected chi connectivity index (χ3v) is 2.69. The van der Waals surface area contributed by atoms with E-state index in [-0.39, 0.29) is 0 Å². The van der Waals surface area contributed by atoms with E-state index in [2.05, 4.69) is 15.5 Å². The molecule has 96 valence electrons. The van der Waals surface area contributed by atoms with Crippen molar-refractivity contribution in [3.63, 3.8) is 0 Å². The van der Waals surface area contributed by atoms with Gasteiger partial charge in [-0.05, 0) is 24.6 Å². The van der Waals surface area contributed by atoms with Gasteiger partial charge in [0, 0.05) is 6.54 Å². The first-order valence-corrected chi connectivity index (χ1v) is 5.89. The molecule has 0 spiro atoms. The minimum Gasteiger partial charge on any atom is -0.495 e. The number of nitrogens with zero attached hydrogens (tertiary/aromatic N) is 2. The number of rotatable bonds is 5. The average Bonchev–Trinajstić information content (AvgIpc) is 2.75. The Bertz CT molecular complexity index is 528. The number of aromatic nitrogens is 2. The van der Waals surface area contributed by atoms with Crippen LogP contribution in [0.1, 0.15) is 17.3 Å². The van der Waals surface area contributed by atoms with Gasteiger partial charge in [0.2, 0.25) is 5.89 Å². The zero-order valence-corrected chi connectivity index (χ0v) is 11.0. The number of halogens is 1. The first-order chi connectivity index (χ1) is 8.69. The first kappa shape index (κ1) is 12.9. The number of ether oxygens (including phenoxy) is 1. The molecule has 0 radical (unpaired) electrons. The second-order valence-electron chi connectivity index (χ2n) is 3.81. The Kier molecular flexibility index (Phi) is 4.17. The summed E-state index contributed by atoms with van der Waals surface area (Å²) >= 11 is 6.04. The van der Waals surface area contributed by atoms with E-state index in [1.54, 1.807) is 14.0 Å². The van der Waals surface area contributed by atoms with Gasteiger partial charge in [0.05, 0.1) is 18.7 Å². The molecule has 18 heavy (non-hydrogen) atoms. The topological polar surface area (TPSA) is 60.2 Å². The lowest BCUT2D eigenvalue weighted by molar-refractivity contribution is 0.364. The Hall–Kier alpha value is -1.59. The molecule has 1 N–H and O–H groups in total. The number of methoxy groups -OCH3 is 1. The number of benzene rings is 1. The molecule has 6 heteroatoms. The zero-order valence-electron chi connectivity index (χ0n) is 10.2. The van der Waals surface area contributed by atoms with E-state index in [1.165, 1.54) is 0 Å². The fourth-order valence-corrected chi connectivity index (χ4v) is 1.83. The quantitative estimate of drug-likeness (QED) is 0.901. The van der Waals surface area contributed by atoms with E-state index in [0.29, 0.717) is 35.6 Å². The summed E-state index contributed by atoms with van der Waals surface area (Å²) in [6.07, 6.45) is 0. The van der Waals surface area contributed by atoms with Gasteiger partial charge in [-0.3, -0.25) is 0 Å². The zero-order chi connectivity index (χ0) is 13.0. The molecule has 5 nitrogen and oxygen atoms in total. The molecule has 2 aromatic rings. The van der Waals surface area contributed by atoms with E-state index in [9.17, 15) is 0 Å². The monoisotopic (exact) mass is 267 g/mol. The Balaban J connectivity index is 1.88. The summed E-state index contributed by atoms with van der Waals surface area (Å²) in [5.41, 5.74) is 1.07. The van der Waals surface area contributed by atoms with E-state index < -0.39 is 0 Å². The second kappa shape index (κ2) is 5.84. The highest BCUT2D eigenvalue weighted by molar-refractivity contribution is 6.32. The average molecular weight is 268 g/mol. The number of nitrogens with one attached hydrogen (secondary N) is 1. The minimum atomic E-state index is 0.532. The van der Waals surface area contributed by atoms with E-state index in [1.807, 2.05) is 18.2 Å². The van der Waals surface area contributed by atoms with Gasteiger partial charge in [0.15, 0.2) is 5.82 Å². The molecule has 0 atom stereocenters. The van der Waals surface area contributed by atoms with Crippen molar-refractivity contribution < 1.29 is 9.26 Å². The molecule has 0 aliphatic heterocycles. The highest BCUT2D eigenvalue weighted by Gasteiger charge is 2.04. The maximum atomic E-state index is 6.04. The molecule has 0 amide bonds. The fourth-order valence-electron chi connectivity index (χ4n) is 1.55. The third kappa shape index (κ3) is 3.21. The van der Waals surface area contributed by atoms with Crippen molar-refractivity contribution in [3.8, 4) is 5.75 Å². The molecule has 0 aliphatic rings. The lowest BCUT2D eigenvalue weighted by atomic mass is 10.2. The van der Waals surface area contributed by atoms with Gasteiger partial charge in [-0.1, -0.05) is 22.8 Å². The first-order valence-electron chi connectivity index (χ1n) is 5.51. The predicted octanol–water partition coefficient (Wildman–Crippen LogP) is 2.33. The van der Waals surface area contributed by atoms with Crippen molar-refractivity contribution in [2.45, 2.75) is 20.0 Å². The number of hydrogen-bond donors (Lipinski definition) is 1. The molecular weight excluding hydrogens is 254 g/mol. The van der Waals surface area contributed by atoms with Crippen LogP contribution in [0.2, 0.25) is 5.02 Å². The van der Waals surface area contributed by atoms with Crippen LogP contribution in [0.4, 0.5) is 0 Å². The summed E-state index contributed by atoms with van der Waals surface area (Å²) < 4.78 is 10.1. The maximum Gasteiger partial charge on any atom is 0.240 e. The van der Waals surface area contributed by atoms with Crippen molar-refractivity contribution in [1.82, 2.24) is 15.5 Å². The third-order valence-electron chi connectivity index (χ3n) is 2.39. The van der Waals surface area contributed by atoms with Gasteiger partial charge >= 0.3 is 0 Å². The second-order valence-corrected chi connectivity index (χ2v) is 4.21. The van der Waals surface area contributed by atoms with Crippen LogP contribution in [0.25, 0.3) is 0 Å². The minimum absolute atomic E-state index is 0.532. The molecule has 0 unspecified atom stereocenters. The predicted molar refractivity (Wildman–Crippen MR) is 67.6 cm³/mol. The molecule has 1 aromatic heterocycles. The van der Waals surface area contributed by atoms with Gasteiger partial charge in [-0.15, -0.1) is 0 Å². The highest BCUT2D eigenvalue weighted by atomic mass is 35.5. The summed E-state index contributed by atoms with van der Waals surface area (Å²) in [6, 6.07) is 5.67. The SMILES string of the molecule is COc1ccc(CNCc2nc(C)no2)cc1Cl. The molecule has 0 saturated carbocycles. The standard InChI is InChI=1S/C12H14ClN3O2/c1-8-15-12(18-16-8)7-14-6-9-3-4-11(17-2)10(13)5-9/h3-5,14H,6-7H2,1-2H3. The molecule has 1 heterocycles. The highest BCUT2D eigenvalue weighted by Crippen LogP contribution is 2.24. The summed E-state index contributed by atoms with van der Waals surface area (Å²) in [5.74, 6) is 1.89. The van der Waals surface area contributed by atoms with Crippen molar-refractivity contribution >= 4 is 11.6 Å². The Morgan fingerprint density at radius 1 is 1.39 bits per heavy atom. The maximum absolute atomic E-state index is 6.04. The molecular formula is C12H14ClN3O2. The van der Waals surface area contributed by atoms with Crippen LogP contribution in [-0.4, -0.2) is 17.3 Å². The Labute approximate surface area is 110 Å². The normalized spacial score (nSPS) is 10.6. The number of hydrogen-bond acceptors (Lipinski definition) is 5. The van der Waals surface area contributed by atoms with Crippen molar-refractivity contribution in [1.29, 1.82) is 0 Å². The van der Waals surface area contributed by atoms with Crippen LogP contribution in [0.5, 0.6) is 5.75 Å². The van der Waals surface area contributed by atoms with Crippen LogP contribution in [0.15, 0.2) is 22.7 Å². The van der Waals surface area contributed by atoms with Crippen molar-refractivity contribution in [2.24, 2.45) is 0 Å². The van der Waals surface area contributed by atoms with Crippen LogP contribution in [-0.2, 0) is 13.1 Å². The van der Waals surface area contributed by atoms with E-state index in [0.717, 1.165) is 5.56 Å². The van der Waals surface area contributed by atoms with Gasteiger partial charge < -0.3 is 14.6 Å². The molecule has 0 saturated heterocycles. The Morgan fingerprint density at radius 3 is 2.83 bits per heavy atom. The van der Waals surface area contributed by atoms with Crippen LogP contribution < -0.4 is 10.1 Å². The van der Waals surface area contributed by atoms with Crippen LogP contribution in [0.3, 0.4) is 0 Å². The molecule has 2 rings (SSSR count). The van der Waals surface area contributed by atoms with Gasteiger partial charge in [-0.25, -0.2) is 0 Å². The van der Waals surface area contributed by atoms with E-state index >= 15 is 0 Å².